The number of nitrogens with one attached hydrogen (secondary N) is 1. The fourth-order valence-electron chi connectivity index (χ4n) is 2.59. The molecule has 0 aliphatic rings. The van der Waals surface area contributed by atoms with Crippen molar-refractivity contribution in [2.75, 3.05) is 11.1 Å². The second-order valence-electron chi connectivity index (χ2n) is 6.23. The molecule has 0 unspecified atom stereocenters. The minimum absolute atomic E-state index is 0.142. The highest BCUT2D eigenvalue weighted by Gasteiger charge is 2.14. The fraction of sp³-hybridized carbons (Fsp3) is 0.250. The molecular formula is C20H19BrClFN4OS2. The maximum atomic E-state index is 13.0. The normalized spacial score (nSPS) is 10.9. The van der Waals surface area contributed by atoms with Crippen molar-refractivity contribution in [1.29, 1.82) is 0 Å². The zero-order valence-electron chi connectivity index (χ0n) is 16.1. The first-order chi connectivity index (χ1) is 14.5. The van der Waals surface area contributed by atoms with Crippen molar-refractivity contribution in [2.24, 2.45) is 0 Å². The van der Waals surface area contributed by atoms with Crippen molar-refractivity contribution in [2.45, 2.75) is 30.1 Å². The number of amides is 1. The molecule has 0 spiro atoms. The van der Waals surface area contributed by atoms with Gasteiger partial charge in [-0.3, -0.25) is 4.79 Å². The highest BCUT2D eigenvalue weighted by Crippen LogP contribution is 2.26. The Balaban J connectivity index is 1.52. The van der Waals surface area contributed by atoms with Crippen LogP contribution in [0.3, 0.4) is 0 Å². The summed E-state index contributed by atoms with van der Waals surface area (Å²) >= 11 is 12.4. The van der Waals surface area contributed by atoms with Gasteiger partial charge in [0.2, 0.25) is 5.91 Å². The Hall–Kier alpha value is -1.55. The molecule has 3 aromatic rings. The zero-order chi connectivity index (χ0) is 21.5. The molecule has 0 radical (unpaired) electrons. The van der Waals surface area contributed by atoms with E-state index in [-0.39, 0.29) is 17.5 Å². The number of anilines is 1. The summed E-state index contributed by atoms with van der Waals surface area (Å²) in [4.78, 5) is 12.3. The number of aromatic nitrogens is 3. The van der Waals surface area contributed by atoms with E-state index < -0.39 is 0 Å². The molecule has 0 fully saturated rings. The van der Waals surface area contributed by atoms with E-state index in [2.05, 4.69) is 31.4 Å². The van der Waals surface area contributed by atoms with Crippen LogP contribution in [0.1, 0.15) is 18.3 Å². The molecule has 0 aliphatic carbocycles. The standard InChI is InChI=1S/C20H19BrClFN4OS2/c1-2-27-18(11-29-10-13-3-5-14(23)6-4-13)25-26-20(27)30-12-19(28)24-15-7-8-16(21)17(22)9-15/h3-9H,2,10-12H2,1H3,(H,24,28). The molecule has 0 aliphatic heterocycles. The van der Waals surface area contributed by atoms with Crippen LogP contribution in [0.4, 0.5) is 10.1 Å². The van der Waals surface area contributed by atoms with Crippen LogP contribution in [0.5, 0.6) is 0 Å². The number of carbonyl (C=O) groups excluding carboxylic acids is 1. The average molecular weight is 530 g/mol. The molecule has 1 N–H and O–H groups in total. The summed E-state index contributed by atoms with van der Waals surface area (Å²) in [6.45, 7) is 2.73. The second-order valence-corrected chi connectivity index (χ2v) is 9.42. The van der Waals surface area contributed by atoms with Gasteiger partial charge in [-0.15, -0.1) is 22.0 Å². The summed E-state index contributed by atoms with van der Waals surface area (Å²) in [5, 5.41) is 12.6. The van der Waals surface area contributed by atoms with Crippen molar-refractivity contribution in [3.63, 3.8) is 0 Å². The molecule has 1 amide bonds. The first-order valence-corrected chi connectivity index (χ1v) is 12.4. The lowest BCUT2D eigenvalue weighted by Crippen LogP contribution is -2.14. The summed E-state index contributed by atoms with van der Waals surface area (Å²) in [7, 11) is 0. The SMILES string of the molecule is CCn1c(CSCc2ccc(F)cc2)nnc1SCC(=O)Nc1ccc(Br)c(Cl)c1. The zero-order valence-corrected chi connectivity index (χ0v) is 20.0. The fourth-order valence-corrected chi connectivity index (χ4v) is 4.77. The third-order valence-electron chi connectivity index (χ3n) is 4.06. The third kappa shape index (κ3) is 6.47. The van der Waals surface area contributed by atoms with Crippen molar-refractivity contribution in [3.05, 3.63) is 69.2 Å². The molecule has 3 rings (SSSR count). The van der Waals surface area contributed by atoms with Gasteiger partial charge in [0.1, 0.15) is 11.6 Å². The van der Waals surface area contributed by atoms with E-state index in [0.717, 1.165) is 21.6 Å². The molecule has 0 saturated carbocycles. The number of rotatable bonds is 9. The third-order valence-corrected chi connectivity index (χ3v) is 7.26. The van der Waals surface area contributed by atoms with E-state index in [9.17, 15) is 9.18 Å². The number of carbonyl (C=O) groups is 1. The van der Waals surface area contributed by atoms with E-state index in [0.29, 0.717) is 28.2 Å². The molecule has 10 heteroatoms. The Morgan fingerprint density at radius 1 is 1.20 bits per heavy atom. The number of hydrogen-bond donors (Lipinski definition) is 1. The molecule has 1 heterocycles. The van der Waals surface area contributed by atoms with Gasteiger partial charge in [-0.25, -0.2) is 4.39 Å². The number of halogens is 3. The average Bonchev–Trinajstić information content (AvgIpc) is 3.12. The smallest absolute Gasteiger partial charge is 0.234 e. The second kappa shape index (κ2) is 11.2. The largest absolute Gasteiger partial charge is 0.325 e. The number of thioether (sulfide) groups is 2. The van der Waals surface area contributed by atoms with Gasteiger partial charge in [-0.05, 0) is 58.7 Å². The van der Waals surface area contributed by atoms with Gasteiger partial charge < -0.3 is 9.88 Å². The highest BCUT2D eigenvalue weighted by atomic mass is 79.9. The quantitative estimate of drug-likeness (QED) is 0.344. The van der Waals surface area contributed by atoms with Crippen LogP contribution in [0, 0.1) is 5.82 Å². The summed E-state index contributed by atoms with van der Waals surface area (Å²) < 4.78 is 15.8. The Kier molecular flexibility index (Phi) is 8.61. The van der Waals surface area contributed by atoms with Gasteiger partial charge in [-0.2, -0.15) is 0 Å². The molecule has 1 aromatic heterocycles. The van der Waals surface area contributed by atoms with Gasteiger partial charge in [-0.1, -0.05) is 35.5 Å². The van der Waals surface area contributed by atoms with Crippen LogP contribution in [0.25, 0.3) is 0 Å². The molecular weight excluding hydrogens is 511 g/mol. The first kappa shape index (κ1) is 23.1. The Labute approximate surface area is 196 Å². The van der Waals surface area contributed by atoms with Crippen LogP contribution in [-0.2, 0) is 22.8 Å². The predicted octanol–water partition coefficient (Wildman–Crippen LogP) is 6.02. The Morgan fingerprint density at radius 3 is 2.67 bits per heavy atom. The lowest BCUT2D eigenvalue weighted by molar-refractivity contribution is -0.113. The predicted molar refractivity (Wildman–Crippen MR) is 126 cm³/mol. The molecule has 5 nitrogen and oxygen atoms in total. The van der Waals surface area contributed by atoms with Gasteiger partial charge in [0.05, 0.1) is 16.5 Å². The maximum Gasteiger partial charge on any atom is 0.234 e. The minimum Gasteiger partial charge on any atom is -0.325 e. The van der Waals surface area contributed by atoms with E-state index in [1.165, 1.54) is 23.9 Å². The van der Waals surface area contributed by atoms with Crippen molar-refractivity contribution in [3.8, 4) is 0 Å². The van der Waals surface area contributed by atoms with Gasteiger partial charge in [0.15, 0.2) is 5.16 Å². The van der Waals surface area contributed by atoms with E-state index in [4.69, 9.17) is 11.6 Å². The maximum absolute atomic E-state index is 13.0. The lowest BCUT2D eigenvalue weighted by Gasteiger charge is -2.08. The highest BCUT2D eigenvalue weighted by molar-refractivity contribution is 9.10. The van der Waals surface area contributed by atoms with Gasteiger partial charge in [0, 0.05) is 22.5 Å². The van der Waals surface area contributed by atoms with Gasteiger partial charge in [0.25, 0.3) is 0 Å². The van der Waals surface area contributed by atoms with Crippen LogP contribution in [-0.4, -0.2) is 26.4 Å². The minimum atomic E-state index is -0.233. The van der Waals surface area contributed by atoms with Crippen LogP contribution in [0.2, 0.25) is 5.02 Å². The molecule has 30 heavy (non-hydrogen) atoms. The van der Waals surface area contributed by atoms with E-state index >= 15 is 0 Å². The summed E-state index contributed by atoms with van der Waals surface area (Å²) in [6, 6.07) is 11.8. The van der Waals surface area contributed by atoms with Crippen LogP contribution < -0.4 is 5.32 Å². The number of benzene rings is 2. The van der Waals surface area contributed by atoms with Crippen molar-refractivity contribution >= 4 is 62.6 Å². The Bertz CT molecular complexity index is 1020. The molecule has 0 saturated heterocycles. The molecule has 0 bridgehead atoms. The van der Waals surface area contributed by atoms with Crippen molar-refractivity contribution in [1.82, 2.24) is 14.8 Å². The molecule has 2 aromatic carbocycles. The summed E-state index contributed by atoms with van der Waals surface area (Å²) in [5.41, 5.74) is 1.70. The summed E-state index contributed by atoms with van der Waals surface area (Å²) in [6.07, 6.45) is 0. The van der Waals surface area contributed by atoms with Crippen LogP contribution >= 0.6 is 51.1 Å². The monoisotopic (exact) mass is 528 g/mol. The van der Waals surface area contributed by atoms with Crippen LogP contribution in [0.15, 0.2) is 52.1 Å². The van der Waals surface area contributed by atoms with Crippen molar-refractivity contribution < 1.29 is 9.18 Å². The van der Waals surface area contributed by atoms with E-state index in [1.807, 2.05) is 11.5 Å². The van der Waals surface area contributed by atoms with Gasteiger partial charge >= 0.3 is 0 Å². The Morgan fingerprint density at radius 2 is 1.97 bits per heavy atom. The summed E-state index contributed by atoms with van der Waals surface area (Å²) in [5.74, 6) is 2.14. The first-order valence-electron chi connectivity index (χ1n) is 9.08. The topological polar surface area (TPSA) is 59.8 Å². The molecule has 158 valence electrons. The lowest BCUT2D eigenvalue weighted by atomic mass is 10.2. The number of nitrogens with zero attached hydrogens (tertiary/aromatic N) is 3. The molecule has 0 atom stereocenters. The number of hydrogen-bond acceptors (Lipinski definition) is 5. The van der Waals surface area contributed by atoms with E-state index in [1.54, 1.807) is 42.1 Å².